The molecule has 2 amide bonds. The molecule has 33 heavy (non-hydrogen) atoms. The number of amides is 2. The minimum atomic E-state index is -0.0914. The van der Waals surface area contributed by atoms with Gasteiger partial charge < -0.3 is 19.7 Å². The number of hydrogen-bond acceptors (Lipinski definition) is 5. The molecule has 1 aliphatic rings. The van der Waals surface area contributed by atoms with Crippen LogP contribution in [0, 0.1) is 0 Å². The van der Waals surface area contributed by atoms with E-state index in [2.05, 4.69) is 28.8 Å². The third-order valence-corrected chi connectivity index (χ3v) is 5.42. The van der Waals surface area contributed by atoms with Gasteiger partial charge in [-0.1, -0.05) is 39.5 Å². The van der Waals surface area contributed by atoms with E-state index < -0.39 is 0 Å². The Kier molecular flexibility index (Phi) is 10.4. The van der Waals surface area contributed by atoms with E-state index in [1.165, 1.54) is 0 Å². The summed E-state index contributed by atoms with van der Waals surface area (Å²) < 4.78 is 10.9. The molecule has 2 heterocycles. The zero-order valence-electron chi connectivity index (χ0n) is 20.4. The van der Waals surface area contributed by atoms with Crippen molar-refractivity contribution in [3.8, 4) is 11.5 Å². The van der Waals surface area contributed by atoms with Gasteiger partial charge in [0, 0.05) is 36.2 Å². The second-order valence-corrected chi connectivity index (χ2v) is 7.34. The lowest BCUT2D eigenvalue weighted by Gasteiger charge is -2.32. The predicted molar refractivity (Wildman–Crippen MR) is 134 cm³/mol. The molecule has 178 valence electrons. The highest BCUT2D eigenvalue weighted by atomic mass is 16.5. The van der Waals surface area contributed by atoms with Crippen molar-refractivity contribution < 1.29 is 14.3 Å². The van der Waals surface area contributed by atoms with E-state index >= 15 is 0 Å². The molecule has 1 aromatic heterocycles. The van der Waals surface area contributed by atoms with Crippen molar-refractivity contribution in [2.24, 2.45) is 0 Å². The van der Waals surface area contributed by atoms with Gasteiger partial charge in [0.15, 0.2) is 11.5 Å². The molecule has 0 aliphatic carbocycles. The van der Waals surface area contributed by atoms with E-state index in [-0.39, 0.29) is 11.9 Å². The molecule has 2 aromatic rings. The maximum atomic E-state index is 12.7. The summed E-state index contributed by atoms with van der Waals surface area (Å²) >= 11 is 0. The van der Waals surface area contributed by atoms with Crippen LogP contribution < -0.4 is 14.8 Å². The highest BCUT2D eigenvalue weighted by Gasteiger charge is 2.26. The van der Waals surface area contributed by atoms with E-state index in [0.29, 0.717) is 24.6 Å². The molecule has 3 rings (SSSR count). The largest absolute Gasteiger partial charge is 0.493 e. The average Bonchev–Trinajstić information content (AvgIpc) is 2.87. The number of benzene rings is 1. The van der Waals surface area contributed by atoms with Crippen LogP contribution in [0.5, 0.6) is 11.5 Å². The van der Waals surface area contributed by atoms with Crippen molar-refractivity contribution in [2.75, 3.05) is 27.3 Å². The first-order valence-electron chi connectivity index (χ1n) is 11.5. The van der Waals surface area contributed by atoms with Crippen molar-refractivity contribution in [3.63, 3.8) is 0 Å². The van der Waals surface area contributed by atoms with E-state index in [0.717, 1.165) is 41.6 Å². The van der Waals surface area contributed by atoms with Gasteiger partial charge in [0.1, 0.15) is 6.33 Å². The first kappa shape index (κ1) is 25.9. The van der Waals surface area contributed by atoms with Gasteiger partial charge in [-0.3, -0.25) is 0 Å². The Labute approximate surface area is 197 Å². The smallest absolute Gasteiger partial charge is 0.321 e. The number of hydrogen-bond donors (Lipinski definition) is 1. The van der Waals surface area contributed by atoms with Crippen molar-refractivity contribution in [1.29, 1.82) is 0 Å². The molecule has 0 unspecified atom stereocenters. The number of likely N-dealkylation sites (tertiary alicyclic amines) is 1. The topological polar surface area (TPSA) is 76.6 Å². The van der Waals surface area contributed by atoms with Gasteiger partial charge in [0.05, 0.1) is 25.4 Å². The van der Waals surface area contributed by atoms with Crippen LogP contribution in [0.25, 0.3) is 10.9 Å². The summed E-state index contributed by atoms with van der Waals surface area (Å²) in [5.74, 6) is 1.55. The van der Waals surface area contributed by atoms with Crippen LogP contribution in [0.15, 0.2) is 55.0 Å². The van der Waals surface area contributed by atoms with Crippen LogP contribution in [0.3, 0.4) is 0 Å². The molecular formula is C26H36N4O3. The number of nitrogens with one attached hydrogen (secondary N) is 1. The van der Waals surface area contributed by atoms with Crippen LogP contribution in [0.2, 0.25) is 0 Å². The number of carbonyl (C=O) groups excluding carboxylic acids is 1. The van der Waals surface area contributed by atoms with Gasteiger partial charge in [-0.25, -0.2) is 14.8 Å². The number of methoxy groups -OCH3 is 2. The van der Waals surface area contributed by atoms with Crippen molar-refractivity contribution in [2.45, 2.75) is 46.0 Å². The van der Waals surface area contributed by atoms with Gasteiger partial charge in [0.2, 0.25) is 0 Å². The molecule has 1 aromatic carbocycles. The van der Waals surface area contributed by atoms with Gasteiger partial charge in [-0.05, 0) is 37.5 Å². The molecule has 0 atom stereocenters. The molecule has 7 heteroatoms. The van der Waals surface area contributed by atoms with Crippen molar-refractivity contribution in [1.82, 2.24) is 20.2 Å². The first-order valence-corrected chi connectivity index (χ1v) is 11.5. The summed E-state index contributed by atoms with van der Waals surface area (Å²) in [6.07, 6.45) is 11.5. The van der Waals surface area contributed by atoms with E-state index in [1.807, 2.05) is 43.0 Å². The predicted octanol–water partition coefficient (Wildman–Crippen LogP) is 5.60. The van der Waals surface area contributed by atoms with Gasteiger partial charge in [0.25, 0.3) is 0 Å². The fraction of sp³-hybridized carbons (Fsp3) is 0.423. The minimum absolute atomic E-state index is 0.0914. The van der Waals surface area contributed by atoms with Crippen LogP contribution in [-0.2, 0) is 0 Å². The second kappa shape index (κ2) is 13.3. The third kappa shape index (κ3) is 6.57. The highest BCUT2D eigenvalue weighted by molar-refractivity contribution is 5.85. The molecule has 0 saturated carbocycles. The van der Waals surface area contributed by atoms with Gasteiger partial charge >= 0.3 is 6.03 Å². The lowest BCUT2D eigenvalue weighted by molar-refractivity contribution is 0.184. The Hall–Kier alpha value is -3.35. The van der Waals surface area contributed by atoms with E-state index in [4.69, 9.17) is 9.47 Å². The Morgan fingerprint density at radius 1 is 1.18 bits per heavy atom. The summed E-state index contributed by atoms with van der Waals surface area (Å²) in [6.45, 7) is 11.1. The van der Waals surface area contributed by atoms with Crippen LogP contribution in [0.1, 0.15) is 51.6 Å². The summed E-state index contributed by atoms with van der Waals surface area (Å²) in [4.78, 5) is 23.5. The van der Waals surface area contributed by atoms with Crippen molar-refractivity contribution >= 4 is 16.9 Å². The second-order valence-electron chi connectivity index (χ2n) is 7.34. The number of allylic oxidation sites excluding steroid dienone is 4. The summed E-state index contributed by atoms with van der Waals surface area (Å²) in [5.41, 5.74) is 2.56. The number of urea groups is 1. The highest BCUT2D eigenvalue weighted by Crippen LogP contribution is 2.36. The lowest BCUT2D eigenvalue weighted by Crippen LogP contribution is -2.43. The van der Waals surface area contributed by atoms with Crippen LogP contribution >= 0.6 is 0 Å². The van der Waals surface area contributed by atoms with Crippen LogP contribution in [0.4, 0.5) is 4.79 Å². The molecule has 1 aliphatic heterocycles. The maximum Gasteiger partial charge on any atom is 0.321 e. The fourth-order valence-electron chi connectivity index (χ4n) is 3.80. The fourth-order valence-corrected chi connectivity index (χ4v) is 3.80. The van der Waals surface area contributed by atoms with Crippen molar-refractivity contribution in [3.05, 3.63) is 60.7 Å². The number of rotatable bonds is 7. The molecule has 0 spiro atoms. The zero-order valence-corrected chi connectivity index (χ0v) is 20.4. The summed E-state index contributed by atoms with van der Waals surface area (Å²) in [7, 11) is 3.23. The molecule has 1 saturated heterocycles. The van der Waals surface area contributed by atoms with Gasteiger partial charge in [-0.15, -0.1) is 0 Å². The quantitative estimate of drug-likeness (QED) is 0.554. The Morgan fingerprint density at radius 2 is 1.85 bits per heavy atom. The van der Waals surface area contributed by atoms with E-state index in [9.17, 15) is 4.79 Å². The Balaban J connectivity index is 0.00000187. The minimum Gasteiger partial charge on any atom is -0.493 e. The molecule has 1 N–H and O–H groups in total. The summed E-state index contributed by atoms with van der Waals surface area (Å²) in [6, 6.07) is 3.72. The zero-order chi connectivity index (χ0) is 24.2. The number of aromatic nitrogens is 2. The SMILES string of the molecule is C=C/C=C(\C=C/CC)NC(=O)N1CCC(c2ncnc3cc(OC)c(OC)cc23)CC1.CC. The molecule has 1 fully saturated rings. The Morgan fingerprint density at radius 3 is 2.45 bits per heavy atom. The number of piperidine rings is 1. The number of fused-ring (bicyclic) bond motifs is 1. The number of ether oxygens (including phenoxy) is 2. The average molecular weight is 453 g/mol. The Bertz CT molecular complexity index is 992. The van der Waals surface area contributed by atoms with Crippen LogP contribution in [-0.4, -0.2) is 48.2 Å². The normalized spacial score (nSPS) is 14.6. The summed E-state index contributed by atoms with van der Waals surface area (Å²) in [5, 5.41) is 3.93. The molecular weight excluding hydrogens is 416 g/mol. The standard InChI is InChI=1S/C24H30N4O3.C2H6/c1-5-7-9-18(8-6-2)27-24(29)28-12-10-17(11-13-28)23-19-14-21(30-3)22(31-4)15-20(19)25-16-26-23;1-2/h6-9,14-17H,2,5,10-13H2,1,3-4H3,(H,27,29);1-2H3/b9-7-,18-8+;. The van der Waals surface area contributed by atoms with Gasteiger partial charge in [-0.2, -0.15) is 0 Å². The lowest BCUT2D eigenvalue weighted by atomic mass is 9.91. The molecule has 7 nitrogen and oxygen atoms in total. The monoisotopic (exact) mass is 452 g/mol. The maximum absolute atomic E-state index is 12.7. The first-order chi connectivity index (χ1) is 16.1. The molecule has 0 bridgehead atoms. The molecule has 0 radical (unpaired) electrons. The van der Waals surface area contributed by atoms with E-state index in [1.54, 1.807) is 32.7 Å². The number of carbonyl (C=O) groups is 1. The third-order valence-electron chi connectivity index (χ3n) is 5.42. The number of nitrogens with zero attached hydrogens (tertiary/aromatic N) is 3.